The topological polar surface area (TPSA) is 76.6 Å². The van der Waals surface area contributed by atoms with Crippen LogP contribution in [0, 0.1) is 0 Å². The zero-order chi connectivity index (χ0) is 11.4. The summed E-state index contributed by atoms with van der Waals surface area (Å²) in [5, 5.41) is 8.64. The van der Waals surface area contributed by atoms with E-state index >= 15 is 0 Å². The molecule has 0 bridgehead atoms. The molecule has 6 nitrogen and oxygen atoms in total. The Hall–Kier alpha value is -1.37. The largest absolute Gasteiger partial charge is 0.480 e. The Morgan fingerprint density at radius 3 is 2.73 bits per heavy atom. The maximum absolute atomic E-state index is 11.7. The molecule has 0 aliphatic heterocycles. The van der Waals surface area contributed by atoms with Crippen LogP contribution < -0.4 is 10.5 Å². The second kappa shape index (κ2) is 4.92. The summed E-state index contributed by atoms with van der Waals surface area (Å²) in [7, 11) is 1.54. The van der Waals surface area contributed by atoms with Gasteiger partial charge in [0.25, 0.3) is 0 Å². The molecule has 0 radical (unpaired) electrons. The van der Waals surface area contributed by atoms with Crippen molar-refractivity contribution >= 4 is 17.5 Å². The van der Waals surface area contributed by atoms with E-state index in [0.29, 0.717) is 11.3 Å². The maximum Gasteiger partial charge on any atom is 0.340 e. The smallest absolute Gasteiger partial charge is 0.340 e. The Balaban J connectivity index is 3.24. The van der Waals surface area contributed by atoms with Gasteiger partial charge in [0.05, 0.1) is 0 Å². The third-order valence-corrected chi connectivity index (χ3v) is 2.90. The fraction of sp³-hybridized carbons (Fsp3) is 0.625. The molecule has 15 heavy (non-hydrogen) atoms. The van der Waals surface area contributed by atoms with E-state index in [0.717, 1.165) is 6.42 Å². The number of carbonyl (C=O) groups is 1. The summed E-state index contributed by atoms with van der Waals surface area (Å²) in [6.45, 7) is 2.22. The molecule has 1 aromatic rings. The lowest BCUT2D eigenvalue weighted by atomic mass is 10.5. The molecule has 0 aliphatic carbocycles. The normalized spacial score (nSPS) is 12.0. The average Bonchev–Trinajstić information content (AvgIpc) is 2.46. The molecule has 1 aromatic heterocycles. The van der Waals surface area contributed by atoms with Crippen molar-refractivity contribution in [3.8, 4) is 0 Å². The Morgan fingerprint density at radius 2 is 2.27 bits per heavy atom. The van der Waals surface area contributed by atoms with E-state index in [4.69, 9.17) is 5.11 Å². The molecule has 0 fully saturated rings. The Bertz CT molecular complexity index is 468. The summed E-state index contributed by atoms with van der Waals surface area (Å²) < 4.78 is 2.69. The molecular formula is C8H13N3O3S. The molecule has 1 N–H and O–H groups in total. The SMILES string of the molecule is CCCn1sc(=NC)n(CC(=O)O)c1=O. The summed E-state index contributed by atoms with van der Waals surface area (Å²) >= 11 is 1.19. The molecule has 0 atom stereocenters. The van der Waals surface area contributed by atoms with Crippen LogP contribution in [0.25, 0.3) is 0 Å². The highest BCUT2D eigenvalue weighted by molar-refractivity contribution is 7.03. The average molecular weight is 231 g/mol. The molecule has 1 rings (SSSR count). The first-order chi connectivity index (χ1) is 7.10. The molecule has 0 amide bonds. The third kappa shape index (κ3) is 2.56. The Morgan fingerprint density at radius 1 is 1.60 bits per heavy atom. The highest BCUT2D eigenvalue weighted by Crippen LogP contribution is 1.90. The minimum Gasteiger partial charge on any atom is -0.480 e. The highest BCUT2D eigenvalue weighted by atomic mass is 32.1. The predicted octanol–water partition coefficient (Wildman–Crippen LogP) is -0.264. The van der Waals surface area contributed by atoms with E-state index < -0.39 is 5.97 Å². The van der Waals surface area contributed by atoms with Crippen molar-refractivity contribution in [2.24, 2.45) is 4.99 Å². The van der Waals surface area contributed by atoms with Gasteiger partial charge in [0.2, 0.25) is 4.80 Å². The van der Waals surface area contributed by atoms with Crippen LogP contribution in [0.2, 0.25) is 0 Å². The Labute approximate surface area is 90.3 Å². The highest BCUT2D eigenvalue weighted by Gasteiger charge is 2.10. The number of carboxylic acid groups (broad SMARTS) is 1. The van der Waals surface area contributed by atoms with Crippen LogP contribution in [0.5, 0.6) is 0 Å². The zero-order valence-electron chi connectivity index (χ0n) is 8.63. The summed E-state index contributed by atoms with van der Waals surface area (Å²) in [6, 6.07) is 0. The van der Waals surface area contributed by atoms with Gasteiger partial charge in [-0.2, -0.15) is 0 Å². The van der Waals surface area contributed by atoms with Crippen LogP contribution in [0.3, 0.4) is 0 Å². The van der Waals surface area contributed by atoms with Gasteiger partial charge in [0.1, 0.15) is 6.54 Å². The van der Waals surface area contributed by atoms with Crippen molar-refractivity contribution in [1.82, 2.24) is 8.52 Å². The summed E-state index contributed by atoms with van der Waals surface area (Å²) in [5.41, 5.74) is -0.301. The molecule has 0 aliphatic rings. The van der Waals surface area contributed by atoms with Gasteiger partial charge in [-0.1, -0.05) is 6.92 Å². The Kier molecular flexibility index (Phi) is 3.84. The van der Waals surface area contributed by atoms with Crippen molar-refractivity contribution in [1.29, 1.82) is 0 Å². The second-order valence-corrected chi connectivity index (χ2v) is 3.95. The second-order valence-electron chi connectivity index (χ2n) is 2.96. The van der Waals surface area contributed by atoms with Crippen LogP contribution in [0.1, 0.15) is 13.3 Å². The van der Waals surface area contributed by atoms with Gasteiger partial charge in [-0.3, -0.25) is 14.4 Å². The van der Waals surface area contributed by atoms with E-state index in [2.05, 4.69) is 4.99 Å². The minimum absolute atomic E-state index is 0.301. The van der Waals surface area contributed by atoms with Crippen molar-refractivity contribution in [2.45, 2.75) is 26.4 Å². The van der Waals surface area contributed by atoms with E-state index in [1.807, 2.05) is 6.92 Å². The fourth-order valence-electron chi connectivity index (χ4n) is 1.18. The van der Waals surface area contributed by atoms with E-state index in [1.165, 1.54) is 20.1 Å². The van der Waals surface area contributed by atoms with Crippen LogP contribution >= 0.6 is 11.5 Å². The van der Waals surface area contributed by atoms with Gasteiger partial charge < -0.3 is 5.11 Å². The first-order valence-electron chi connectivity index (χ1n) is 4.55. The van der Waals surface area contributed by atoms with Gasteiger partial charge in [-0.15, -0.1) is 0 Å². The number of aryl methyl sites for hydroxylation is 1. The molecule has 7 heteroatoms. The lowest BCUT2D eigenvalue weighted by molar-refractivity contribution is -0.137. The first kappa shape index (κ1) is 11.7. The van der Waals surface area contributed by atoms with Crippen LogP contribution in [0.15, 0.2) is 9.79 Å². The molecule has 84 valence electrons. The number of aliphatic carboxylic acids is 1. The lowest BCUT2D eigenvalue weighted by Crippen LogP contribution is -2.32. The van der Waals surface area contributed by atoms with Crippen LogP contribution in [0.4, 0.5) is 0 Å². The molecule has 0 spiro atoms. The number of carboxylic acids is 1. The summed E-state index contributed by atoms with van der Waals surface area (Å²) in [4.78, 5) is 26.6. The number of rotatable bonds is 4. The fourth-order valence-corrected chi connectivity index (χ4v) is 2.15. The molecule has 0 aromatic carbocycles. The van der Waals surface area contributed by atoms with E-state index in [9.17, 15) is 9.59 Å². The van der Waals surface area contributed by atoms with Crippen molar-refractivity contribution < 1.29 is 9.90 Å². The van der Waals surface area contributed by atoms with Crippen molar-refractivity contribution in [2.75, 3.05) is 7.05 Å². The van der Waals surface area contributed by atoms with Crippen LogP contribution in [-0.2, 0) is 17.9 Å². The molecular weight excluding hydrogens is 218 g/mol. The number of hydrogen-bond donors (Lipinski definition) is 1. The third-order valence-electron chi connectivity index (χ3n) is 1.78. The minimum atomic E-state index is -1.04. The van der Waals surface area contributed by atoms with Crippen LogP contribution in [-0.4, -0.2) is 26.6 Å². The monoisotopic (exact) mass is 231 g/mol. The van der Waals surface area contributed by atoms with E-state index in [-0.39, 0.29) is 12.2 Å². The quantitative estimate of drug-likeness (QED) is 0.775. The number of hydrogen-bond acceptors (Lipinski definition) is 4. The maximum atomic E-state index is 11.7. The first-order valence-corrected chi connectivity index (χ1v) is 5.33. The molecule has 0 saturated carbocycles. The van der Waals surface area contributed by atoms with E-state index in [1.54, 1.807) is 7.05 Å². The van der Waals surface area contributed by atoms with Crippen molar-refractivity contribution in [3.05, 3.63) is 15.3 Å². The van der Waals surface area contributed by atoms with Gasteiger partial charge in [-0.05, 0) is 18.0 Å². The molecule has 0 saturated heterocycles. The molecule has 0 unspecified atom stereocenters. The standard InChI is InChI=1S/C8H13N3O3S/c1-3-4-11-8(14)10(5-6(12)13)7(9-2)15-11/h3-5H2,1-2H3,(H,12,13). The number of nitrogens with zero attached hydrogens (tertiary/aromatic N) is 3. The summed E-state index contributed by atoms with van der Waals surface area (Å²) in [5.74, 6) is -1.04. The number of aromatic nitrogens is 2. The van der Waals surface area contributed by atoms with Gasteiger partial charge in [0.15, 0.2) is 0 Å². The van der Waals surface area contributed by atoms with Gasteiger partial charge in [-0.25, -0.2) is 8.75 Å². The van der Waals surface area contributed by atoms with Gasteiger partial charge >= 0.3 is 11.7 Å². The molecule has 1 heterocycles. The van der Waals surface area contributed by atoms with Gasteiger partial charge in [0, 0.05) is 13.6 Å². The lowest BCUT2D eigenvalue weighted by Gasteiger charge is -1.95. The summed E-state index contributed by atoms with van der Waals surface area (Å²) in [6.07, 6.45) is 0.830. The van der Waals surface area contributed by atoms with Crippen molar-refractivity contribution in [3.63, 3.8) is 0 Å². The zero-order valence-corrected chi connectivity index (χ0v) is 9.45. The predicted molar refractivity (Wildman–Crippen MR) is 56.0 cm³/mol.